The Morgan fingerprint density at radius 1 is 1.21 bits per heavy atom. The molecule has 2 N–H and O–H groups in total. The molecule has 0 fully saturated rings. The molecule has 0 radical (unpaired) electrons. The second-order valence-corrected chi connectivity index (χ2v) is 5.20. The summed E-state index contributed by atoms with van der Waals surface area (Å²) in [6.45, 7) is 2.05. The zero-order valence-corrected chi connectivity index (χ0v) is 12.3. The zero-order chi connectivity index (χ0) is 14.0. The van der Waals surface area contributed by atoms with Crippen LogP contribution in [0.5, 0.6) is 0 Å². The van der Waals surface area contributed by atoms with Crippen molar-refractivity contribution in [2.75, 3.05) is 17.7 Å². The van der Waals surface area contributed by atoms with E-state index in [0.29, 0.717) is 16.5 Å². The molecule has 0 saturated heterocycles. The van der Waals surface area contributed by atoms with Gasteiger partial charge in [0.2, 0.25) is 0 Å². The fourth-order valence-electron chi connectivity index (χ4n) is 1.91. The average Bonchev–Trinajstić information content (AvgIpc) is 2.38. The van der Waals surface area contributed by atoms with Crippen LogP contribution >= 0.6 is 23.2 Å². The van der Waals surface area contributed by atoms with Crippen LogP contribution in [0, 0.1) is 0 Å². The summed E-state index contributed by atoms with van der Waals surface area (Å²) in [5.41, 5.74) is 7.23. The summed E-state index contributed by atoms with van der Waals surface area (Å²) in [6.07, 6.45) is 1.59. The molecule has 0 amide bonds. The summed E-state index contributed by atoms with van der Waals surface area (Å²) in [5, 5.41) is 1.26. The molecule has 0 aliphatic carbocycles. The van der Waals surface area contributed by atoms with Crippen LogP contribution in [0.25, 0.3) is 0 Å². The van der Waals surface area contributed by atoms with Gasteiger partial charge < -0.3 is 10.6 Å². The van der Waals surface area contributed by atoms with E-state index < -0.39 is 0 Å². The van der Waals surface area contributed by atoms with Crippen LogP contribution < -0.4 is 10.6 Å². The third-order valence-corrected chi connectivity index (χ3v) is 3.74. The van der Waals surface area contributed by atoms with Crippen LogP contribution in [-0.2, 0) is 0 Å². The molecule has 0 aliphatic heterocycles. The Bertz CT molecular complexity index is 587. The van der Waals surface area contributed by atoms with Gasteiger partial charge in [-0.2, -0.15) is 0 Å². The maximum absolute atomic E-state index is 6.22. The first-order chi connectivity index (χ1) is 9.00. The van der Waals surface area contributed by atoms with E-state index in [-0.39, 0.29) is 6.04 Å². The predicted molar refractivity (Wildman–Crippen MR) is 81.9 cm³/mol. The fourth-order valence-corrected chi connectivity index (χ4v) is 2.51. The summed E-state index contributed by atoms with van der Waals surface area (Å²) in [4.78, 5) is 6.26. The van der Waals surface area contributed by atoms with Crippen molar-refractivity contribution < 1.29 is 0 Å². The lowest BCUT2D eigenvalue weighted by molar-refractivity contribution is 0.729. The second kappa shape index (κ2) is 5.68. The number of halogens is 2. The molecule has 1 unspecified atom stereocenters. The molecule has 0 saturated carbocycles. The number of hydrogen-bond acceptors (Lipinski definition) is 3. The minimum atomic E-state index is 0.0577. The molecule has 3 nitrogen and oxygen atoms in total. The zero-order valence-electron chi connectivity index (χ0n) is 10.8. The van der Waals surface area contributed by atoms with E-state index in [0.717, 1.165) is 10.6 Å². The van der Waals surface area contributed by atoms with Gasteiger partial charge >= 0.3 is 0 Å². The molecule has 1 aromatic heterocycles. The molecule has 2 rings (SSSR count). The molecule has 19 heavy (non-hydrogen) atoms. The number of hydrogen-bond donors (Lipinski definition) is 1. The molecule has 0 bridgehead atoms. The molecule has 2 aromatic rings. The molecule has 5 heteroatoms. The lowest BCUT2D eigenvalue weighted by Gasteiger charge is -2.27. The van der Waals surface area contributed by atoms with Gasteiger partial charge in [-0.15, -0.1) is 0 Å². The van der Waals surface area contributed by atoms with E-state index in [1.807, 2.05) is 36.2 Å². The molecule has 100 valence electrons. The van der Waals surface area contributed by atoms with Crippen LogP contribution in [0.15, 0.2) is 36.5 Å². The van der Waals surface area contributed by atoms with Gasteiger partial charge in [-0.05, 0) is 24.6 Å². The van der Waals surface area contributed by atoms with Gasteiger partial charge in [-0.25, -0.2) is 4.98 Å². The number of anilines is 2. The van der Waals surface area contributed by atoms with Crippen LogP contribution in [0.2, 0.25) is 10.0 Å². The van der Waals surface area contributed by atoms with Crippen molar-refractivity contribution in [2.24, 2.45) is 0 Å². The van der Waals surface area contributed by atoms with Crippen LogP contribution in [0.4, 0.5) is 11.5 Å². The topological polar surface area (TPSA) is 42.2 Å². The maximum atomic E-state index is 6.22. The number of pyridine rings is 1. The predicted octanol–water partition coefficient (Wildman–Crippen LogP) is 4.17. The average molecular weight is 296 g/mol. The van der Waals surface area contributed by atoms with Crippen molar-refractivity contribution in [2.45, 2.75) is 13.0 Å². The third kappa shape index (κ3) is 2.94. The largest absolute Gasteiger partial charge is 0.397 e. The Hall–Kier alpha value is -1.45. The van der Waals surface area contributed by atoms with E-state index in [4.69, 9.17) is 28.9 Å². The highest BCUT2D eigenvalue weighted by atomic mass is 35.5. The van der Waals surface area contributed by atoms with E-state index in [2.05, 4.69) is 11.9 Å². The van der Waals surface area contributed by atoms with Gasteiger partial charge in [0.15, 0.2) is 0 Å². The van der Waals surface area contributed by atoms with Crippen molar-refractivity contribution in [3.8, 4) is 0 Å². The van der Waals surface area contributed by atoms with Gasteiger partial charge in [0, 0.05) is 12.1 Å². The Kier molecular flexibility index (Phi) is 4.17. The molecule has 0 aliphatic rings. The Labute approximate surface area is 123 Å². The number of nitrogens with two attached hydrogens (primary N) is 1. The number of rotatable bonds is 3. The normalized spacial score (nSPS) is 12.2. The lowest BCUT2D eigenvalue weighted by atomic mass is 10.1. The van der Waals surface area contributed by atoms with Crippen molar-refractivity contribution in [3.63, 3.8) is 0 Å². The number of nitrogens with zero attached hydrogens (tertiary/aromatic N) is 2. The number of nitrogen functional groups attached to an aromatic ring is 1. The summed E-state index contributed by atoms with van der Waals surface area (Å²) < 4.78 is 0. The van der Waals surface area contributed by atoms with Gasteiger partial charge in [-0.1, -0.05) is 41.4 Å². The maximum Gasteiger partial charge on any atom is 0.147 e. The minimum Gasteiger partial charge on any atom is -0.397 e. The van der Waals surface area contributed by atoms with Gasteiger partial charge in [0.05, 0.1) is 22.9 Å². The number of benzene rings is 1. The van der Waals surface area contributed by atoms with E-state index in [9.17, 15) is 0 Å². The summed E-state index contributed by atoms with van der Waals surface area (Å²) in [7, 11) is 1.93. The number of aromatic nitrogens is 1. The summed E-state index contributed by atoms with van der Waals surface area (Å²) in [5.74, 6) is 0.684. The second-order valence-electron chi connectivity index (χ2n) is 4.38. The standard InChI is InChI=1S/C14H15Cl2N3/c1-9(11-5-3-4-6-12(11)15)19(2)14-13(16)7-10(17)8-18-14/h3-9H,17H2,1-2H3. The third-order valence-electron chi connectivity index (χ3n) is 3.11. The highest BCUT2D eigenvalue weighted by Gasteiger charge is 2.18. The van der Waals surface area contributed by atoms with E-state index in [1.54, 1.807) is 12.3 Å². The fraction of sp³-hybridized carbons (Fsp3) is 0.214. The highest BCUT2D eigenvalue weighted by Crippen LogP contribution is 2.32. The monoisotopic (exact) mass is 295 g/mol. The van der Waals surface area contributed by atoms with Crippen LogP contribution in [0.1, 0.15) is 18.5 Å². The van der Waals surface area contributed by atoms with Crippen molar-refractivity contribution in [3.05, 3.63) is 52.1 Å². The summed E-state index contributed by atoms with van der Waals surface area (Å²) >= 11 is 12.4. The van der Waals surface area contributed by atoms with Gasteiger partial charge in [0.25, 0.3) is 0 Å². The summed E-state index contributed by atoms with van der Waals surface area (Å²) in [6, 6.07) is 9.49. The Morgan fingerprint density at radius 2 is 1.89 bits per heavy atom. The highest BCUT2D eigenvalue weighted by molar-refractivity contribution is 6.33. The first-order valence-corrected chi connectivity index (χ1v) is 6.64. The van der Waals surface area contributed by atoms with Crippen LogP contribution in [0.3, 0.4) is 0 Å². The molecular weight excluding hydrogens is 281 g/mol. The van der Waals surface area contributed by atoms with Gasteiger partial charge in [-0.3, -0.25) is 0 Å². The molecule has 1 heterocycles. The Morgan fingerprint density at radius 3 is 2.53 bits per heavy atom. The van der Waals surface area contributed by atoms with Crippen LogP contribution in [-0.4, -0.2) is 12.0 Å². The quantitative estimate of drug-likeness (QED) is 0.924. The van der Waals surface area contributed by atoms with Gasteiger partial charge in [0.1, 0.15) is 5.82 Å². The molecule has 1 aromatic carbocycles. The lowest BCUT2D eigenvalue weighted by Crippen LogP contribution is -2.23. The molecule has 0 spiro atoms. The van der Waals surface area contributed by atoms with E-state index in [1.165, 1.54) is 0 Å². The first kappa shape index (κ1) is 14.0. The minimum absolute atomic E-state index is 0.0577. The van der Waals surface area contributed by atoms with Crippen molar-refractivity contribution in [1.82, 2.24) is 4.98 Å². The molecule has 1 atom stereocenters. The Balaban J connectivity index is 2.33. The van der Waals surface area contributed by atoms with Crippen molar-refractivity contribution >= 4 is 34.7 Å². The first-order valence-electron chi connectivity index (χ1n) is 5.89. The van der Waals surface area contributed by atoms with E-state index >= 15 is 0 Å². The van der Waals surface area contributed by atoms with Crippen molar-refractivity contribution in [1.29, 1.82) is 0 Å². The molecular formula is C14H15Cl2N3. The smallest absolute Gasteiger partial charge is 0.147 e. The SMILES string of the molecule is CC(c1ccccc1Cl)N(C)c1ncc(N)cc1Cl.